The van der Waals surface area contributed by atoms with Crippen LogP contribution in [0.15, 0.2) is 0 Å². The molecule has 0 radical (unpaired) electrons. The van der Waals surface area contributed by atoms with Crippen molar-refractivity contribution in [3.05, 3.63) is 0 Å². The highest BCUT2D eigenvalue weighted by Gasteiger charge is 1.95. The Balaban J connectivity index is 2.92. The summed E-state index contributed by atoms with van der Waals surface area (Å²) in [4.78, 5) is 0. The molecule has 0 aliphatic rings. The van der Waals surface area contributed by atoms with Crippen molar-refractivity contribution in [3.63, 3.8) is 0 Å². The molecule has 0 aromatic rings. The lowest BCUT2D eigenvalue weighted by Crippen LogP contribution is -2.16. The van der Waals surface area contributed by atoms with Crippen molar-refractivity contribution in [1.82, 2.24) is 4.72 Å². The van der Waals surface area contributed by atoms with Crippen LogP contribution in [0, 0.1) is 0 Å². The largest absolute Gasteiger partial charge is 0.329 e. The molecule has 0 aromatic carbocycles. The van der Waals surface area contributed by atoms with E-state index in [1.165, 1.54) is 108 Å². The number of nitrogens with two attached hydrogens (primary N) is 1. The van der Waals surface area contributed by atoms with Gasteiger partial charge in [0, 0.05) is 18.8 Å². The average molecular weight is 345 g/mol. The quantitative estimate of drug-likeness (QED) is 0.197. The molecule has 0 saturated carbocycles. The fourth-order valence-electron chi connectivity index (χ4n) is 2.93. The third-order valence-corrected chi connectivity index (χ3v) is 5.35. The highest BCUT2D eigenvalue weighted by molar-refractivity contribution is 7.97. The Kier molecular flexibility index (Phi) is 22.5. The van der Waals surface area contributed by atoms with Gasteiger partial charge in [0.2, 0.25) is 0 Å². The lowest BCUT2D eigenvalue weighted by atomic mass is 10.0. The highest BCUT2D eigenvalue weighted by atomic mass is 32.2. The highest BCUT2D eigenvalue weighted by Crippen LogP contribution is 2.14. The molecule has 2 nitrogen and oxygen atoms in total. The van der Waals surface area contributed by atoms with E-state index in [0.717, 1.165) is 13.1 Å². The molecule has 0 amide bonds. The molecule has 0 saturated heterocycles. The molecule has 0 atom stereocenters. The van der Waals surface area contributed by atoms with Crippen LogP contribution in [0.25, 0.3) is 0 Å². The molecular formula is C20H44N2S. The van der Waals surface area contributed by atoms with Crippen LogP contribution in [0.5, 0.6) is 0 Å². The van der Waals surface area contributed by atoms with Gasteiger partial charge in [0.1, 0.15) is 0 Å². The lowest BCUT2D eigenvalue weighted by Gasteiger charge is -2.04. The fourth-order valence-corrected chi connectivity index (χ4v) is 3.68. The zero-order valence-corrected chi connectivity index (χ0v) is 16.7. The Hall–Kier alpha value is 0.270. The van der Waals surface area contributed by atoms with Crippen molar-refractivity contribution in [2.75, 3.05) is 18.8 Å². The summed E-state index contributed by atoms with van der Waals surface area (Å²) in [6, 6.07) is 0. The predicted molar refractivity (Wildman–Crippen MR) is 109 cm³/mol. The van der Waals surface area contributed by atoms with Crippen molar-refractivity contribution in [1.29, 1.82) is 0 Å². The fraction of sp³-hybridized carbons (Fsp3) is 1.00. The molecule has 3 N–H and O–H groups in total. The van der Waals surface area contributed by atoms with E-state index in [1.807, 2.05) is 11.9 Å². The Morgan fingerprint density at radius 2 is 1.00 bits per heavy atom. The summed E-state index contributed by atoms with van der Waals surface area (Å²) in [5, 5.41) is 0. The second kappa shape index (κ2) is 22.3. The van der Waals surface area contributed by atoms with Gasteiger partial charge in [-0.25, -0.2) is 0 Å². The van der Waals surface area contributed by atoms with Crippen molar-refractivity contribution in [3.8, 4) is 0 Å². The van der Waals surface area contributed by atoms with Crippen LogP contribution in [0.1, 0.15) is 110 Å². The Morgan fingerprint density at radius 1 is 0.609 bits per heavy atom. The molecule has 0 aliphatic heterocycles. The maximum atomic E-state index is 5.43. The zero-order chi connectivity index (χ0) is 16.8. The van der Waals surface area contributed by atoms with E-state index in [1.54, 1.807) is 0 Å². The van der Waals surface area contributed by atoms with Crippen LogP contribution in [0.2, 0.25) is 0 Å². The number of rotatable bonds is 20. The molecular weight excluding hydrogens is 300 g/mol. The van der Waals surface area contributed by atoms with Gasteiger partial charge in [0.15, 0.2) is 0 Å². The molecule has 0 unspecified atom stereocenters. The minimum atomic E-state index is 0.742. The van der Waals surface area contributed by atoms with Crippen LogP contribution in [-0.4, -0.2) is 18.8 Å². The van der Waals surface area contributed by atoms with E-state index in [9.17, 15) is 0 Å². The van der Waals surface area contributed by atoms with Gasteiger partial charge in [-0.3, -0.25) is 4.72 Å². The monoisotopic (exact) mass is 344 g/mol. The second-order valence-corrected chi connectivity index (χ2v) is 7.82. The first-order valence-corrected chi connectivity index (χ1v) is 11.4. The van der Waals surface area contributed by atoms with Gasteiger partial charge < -0.3 is 5.73 Å². The first kappa shape index (κ1) is 23.3. The molecule has 0 bridgehead atoms. The summed E-state index contributed by atoms with van der Waals surface area (Å²) < 4.78 is 3.28. The Bertz CT molecular complexity index is 180. The van der Waals surface area contributed by atoms with Crippen molar-refractivity contribution >= 4 is 11.9 Å². The van der Waals surface area contributed by atoms with Crippen LogP contribution in [-0.2, 0) is 0 Å². The van der Waals surface area contributed by atoms with E-state index >= 15 is 0 Å². The van der Waals surface area contributed by atoms with Crippen LogP contribution in [0.4, 0.5) is 0 Å². The van der Waals surface area contributed by atoms with E-state index in [-0.39, 0.29) is 0 Å². The van der Waals surface area contributed by atoms with Crippen LogP contribution < -0.4 is 10.5 Å². The lowest BCUT2D eigenvalue weighted by molar-refractivity contribution is 0.531. The Morgan fingerprint density at radius 3 is 1.39 bits per heavy atom. The third kappa shape index (κ3) is 22.3. The summed E-state index contributed by atoms with van der Waals surface area (Å²) >= 11 is 1.83. The Labute approximate surface area is 151 Å². The summed E-state index contributed by atoms with van der Waals surface area (Å²) in [6.45, 7) is 3.97. The van der Waals surface area contributed by atoms with E-state index in [0.29, 0.717) is 0 Å². The molecule has 23 heavy (non-hydrogen) atoms. The number of hydrogen-bond acceptors (Lipinski definition) is 3. The summed E-state index contributed by atoms with van der Waals surface area (Å²) in [5.74, 6) is 1.23. The molecule has 0 rings (SSSR count). The smallest absolute Gasteiger partial charge is 0.0182 e. The molecule has 0 aromatic heterocycles. The average Bonchev–Trinajstić information content (AvgIpc) is 2.57. The minimum absolute atomic E-state index is 0.742. The maximum absolute atomic E-state index is 5.43. The first-order valence-electron chi connectivity index (χ1n) is 10.5. The van der Waals surface area contributed by atoms with Gasteiger partial charge in [-0.1, -0.05) is 115 Å². The van der Waals surface area contributed by atoms with Gasteiger partial charge >= 0.3 is 0 Å². The summed E-state index contributed by atoms with van der Waals surface area (Å²) in [6.07, 6.45) is 23.1. The van der Waals surface area contributed by atoms with Gasteiger partial charge in [0.05, 0.1) is 0 Å². The summed E-state index contributed by atoms with van der Waals surface area (Å²) in [7, 11) is 0. The topological polar surface area (TPSA) is 38.0 Å². The van der Waals surface area contributed by atoms with Crippen molar-refractivity contribution in [2.24, 2.45) is 5.73 Å². The molecule has 0 aliphatic carbocycles. The number of hydrogen-bond donors (Lipinski definition) is 2. The SMILES string of the molecule is CCCCCCCCCCCCCCCCCCSNCCN. The van der Waals surface area contributed by atoms with Gasteiger partial charge in [-0.2, -0.15) is 0 Å². The predicted octanol–water partition coefficient (Wildman–Crippen LogP) is 6.44. The first-order chi connectivity index (χ1) is 11.4. The molecule has 0 heterocycles. The number of nitrogens with one attached hydrogen (secondary N) is 1. The van der Waals surface area contributed by atoms with Gasteiger partial charge in [-0.05, 0) is 6.42 Å². The van der Waals surface area contributed by atoms with Gasteiger partial charge in [0.25, 0.3) is 0 Å². The third-order valence-electron chi connectivity index (χ3n) is 4.45. The molecule has 3 heteroatoms. The zero-order valence-electron chi connectivity index (χ0n) is 15.9. The standard InChI is InChI=1S/C20H44N2S/c1-2-3-4-5-6-7-8-9-10-11-12-13-14-15-16-17-20-23-22-19-18-21/h22H,2-21H2,1H3. The second-order valence-electron chi connectivity index (χ2n) is 6.83. The molecule has 140 valence electrons. The normalized spacial score (nSPS) is 11.2. The summed E-state index contributed by atoms with van der Waals surface area (Å²) in [5.41, 5.74) is 5.43. The maximum Gasteiger partial charge on any atom is 0.0182 e. The van der Waals surface area contributed by atoms with Crippen LogP contribution in [0.3, 0.4) is 0 Å². The number of unbranched alkanes of at least 4 members (excludes halogenated alkanes) is 15. The van der Waals surface area contributed by atoms with Gasteiger partial charge in [-0.15, -0.1) is 0 Å². The molecule has 0 fully saturated rings. The van der Waals surface area contributed by atoms with E-state index < -0.39 is 0 Å². The van der Waals surface area contributed by atoms with E-state index in [4.69, 9.17) is 5.73 Å². The van der Waals surface area contributed by atoms with Crippen molar-refractivity contribution in [2.45, 2.75) is 110 Å². The van der Waals surface area contributed by atoms with E-state index in [2.05, 4.69) is 11.6 Å². The van der Waals surface area contributed by atoms with Crippen molar-refractivity contribution < 1.29 is 0 Å². The van der Waals surface area contributed by atoms with Crippen LogP contribution >= 0.6 is 11.9 Å². The minimum Gasteiger partial charge on any atom is -0.329 e. The molecule has 0 spiro atoms.